The number of hydrogen-bond donors (Lipinski definition) is 0. The van der Waals surface area contributed by atoms with Gasteiger partial charge < -0.3 is 8.85 Å². The molecule has 20 heavy (non-hydrogen) atoms. The van der Waals surface area contributed by atoms with Crippen molar-refractivity contribution in [2.45, 2.75) is 72.1 Å². The van der Waals surface area contributed by atoms with Gasteiger partial charge in [-0.1, -0.05) is 6.08 Å². The summed E-state index contributed by atoms with van der Waals surface area (Å²) >= 11 is 0. The van der Waals surface area contributed by atoms with Gasteiger partial charge in [0.1, 0.15) is 5.76 Å². The van der Waals surface area contributed by atoms with E-state index in [1.54, 1.807) is 0 Å². The maximum Gasteiger partial charge on any atom is 0.242 e. The highest BCUT2D eigenvalue weighted by atomic mass is 28.4. The molecule has 0 saturated heterocycles. The highest BCUT2D eigenvalue weighted by molar-refractivity contribution is 6.70. The first-order chi connectivity index (χ1) is 8.80. The summed E-state index contributed by atoms with van der Waals surface area (Å²) in [5.74, 6) is 1.47. The molecule has 0 amide bonds. The molecule has 1 rings (SSSR count). The zero-order valence-electron chi connectivity index (χ0n) is 14.8. The van der Waals surface area contributed by atoms with E-state index in [1.807, 2.05) is 0 Å². The lowest BCUT2D eigenvalue weighted by Gasteiger charge is -2.40. The van der Waals surface area contributed by atoms with Gasteiger partial charge in [-0.2, -0.15) is 0 Å². The Hall–Kier alpha value is -0.326. The minimum Gasteiger partial charge on any atom is -0.544 e. The molecule has 1 atom stereocenters. The van der Waals surface area contributed by atoms with Crippen LogP contribution in [0.3, 0.4) is 0 Å². The summed E-state index contributed by atoms with van der Waals surface area (Å²) in [5, 5.41) is 0. The molecule has 116 valence electrons. The Labute approximate surface area is 127 Å². The first-order valence-electron chi connectivity index (χ1n) is 7.58. The fourth-order valence-corrected chi connectivity index (χ4v) is 5.20. The van der Waals surface area contributed by atoms with Crippen molar-refractivity contribution in [1.29, 1.82) is 0 Å². The van der Waals surface area contributed by atoms with Crippen molar-refractivity contribution < 1.29 is 8.85 Å². The van der Waals surface area contributed by atoms with Gasteiger partial charge in [-0.15, -0.1) is 0 Å². The van der Waals surface area contributed by atoms with Gasteiger partial charge in [-0.05, 0) is 78.1 Å². The van der Waals surface area contributed by atoms with Gasteiger partial charge in [0.05, 0.1) is 5.60 Å². The molecule has 1 unspecified atom stereocenters. The SMILES string of the molecule is CC1=CCC(C(C)(C)O[Si](C)(C)C)C=C1O[Si](C)(C)C. The molecule has 0 aromatic carbocycles. The Morgan fingerprint density at radius 2 is 1.60 bits per heavy atom. The Morgan fingerprint density at radius 1 is 1.05 bits per heavy atom. The molecular weight excluding hydrogens is 280 g/mol. The van der Waals surface area contributed by atoms with Crippen LogP contribution in [-0.2, 0) is 8.85 Å². The summed E-state index contributed by atoms with van der Waals surface area (Å²) in [7, 11) is -3.11. The smallest absolute Gasteiger partial charge is 0.242 e. The van der Waals surface area contributed by atoms with Crippen LogP contribution in [0.4, 0.5) is 0 Å². The Morgan fingerprint density at radius 3 is 2.05 bits per heavy atom. The summed E-state index contributed by atoms with van der Waals surface area (Å²) < 4.78 is 12.6. The lowest BCUT2D eigenvalue weighted by atomic mass is 9.84. The highest BCUT2D eigenvalue weighted by Crippen LogP contribution is 2.35. The van der Waals surface area contributed by atoms with Gasteiger partial charge in [-0.3, -0.25) is 0 Å². The van der Waals surface area contributed by atoms with E-state index in [0.717, 1.165) is 12.2 Å². The predicted molar refractivity (Wildman–Crippen MR) is 92.9 cm³/mol. The average molecular weight is 313 g/mol. The van der Waals surface area contributed by atoms with Crippen molar-refractivity contribution in [3.63, 3.8) is 0 Å². The minimum atomic E-state index is -1.56. The second kappa shape index (κ2) is 5.81. The van der Waals surface area contributed by atoms with Crippen LogP contribution in [0.1, 0.15) is 27.2 Å². The van der Waals surface area contributed by atoms with E-state index >= 15 is 0 Å². The second-order valence-electron chi connectivity index (χ2n) is 8.29. The summed E-state index contributed by atoms with van der Waals surface area (Å²) in [4.78, 5) is 0. The van der Waals surface area contributed by atoms with Crippen molar-refractivity contribution in [1.82, 2.24) is 0 Å². The topological polar surface area (TPSA) is 18.5 Å². The van der Waals surface area contributed by atoms with Gasteiger partial charge in [-0.25, -0.2) is 0 Å². The summed E-state index contributed by atoms with van der Waals surface area (Å²) in [6, 6.07) is 0. The molecule has 4 heteroatoms. The Balaban J connectivity index is 2.93. The number of hydrogen-bond acceptors (Lipinski definition) is 2. The molecule has 2 nitrogen and oxygen atoms in total. The molecule has 1 aliphatic rings. The number of rotatable bonds is 5. The molecule has 0 aromatic heterocycles. The first kappa shape index (κ1) is 17.7. The van der Waals surface area contributed by atoms with Crippen molar-refractivity contribution in [3.05, 3.63) is 23.5 Å². The van der Waals surface area contributed by atoms with E-state index in [9.17, 15) is 0 Å². The first-order valence-corrected chi connectivity index (χ1v) is 14.4. The van der Waals surface area contributed by atoms with Gasteiger partial charge in [0.25, 0.3) is 0 Å². The van der Waals surface area contributed by atoms with E-state index < -0.39 is 16.6 Å². The van der Waals surface area contributed by atoms with E-state index in [-0.39, 0.29) is 5.60 Å². The third-order valence-corrected chi connectivity index (χ3v) is 5.27. The maximum atomic E-state index is 6.40. The van der Waals surface area contributed by atoms with Crippen molar-refractivity contribution in [3.8, 4) is 0 Å². The highest BCUT2D eigenvalue weighted by Gasteiger charge is 2.35. The summed E-state index contributed by atoms with van der Waals surface area (Å²) in [6.07, 6.45) is 5.64. The van der Waals surface area contributed by atoms with Crippen LogP contribution in [0.2, 0.25) is 39.3 Å². The minimum absolute atomic E-state index is 0.129. The molecule has 0 spiro atoms. The lowest BCUT2D eigenvalue weighted by molar-refractivity contribution is 0.0555. The molecule has 0 radical (unpaired) electrons. The van der Waals surface area contributed by atoms with Crippen LogP contribution in [-0.4, -0.2) is 22.2 Å². The summed E-state index contributed by atoms with van der Waals surface area (Å²) in [6.45, 7) is 20.0. The van der Waals surface area contributed by atoms with Crippen molar-refractivity contribution >= 4 is 16.6 Å². The molecule has 0 heterocycles. The van der Waals surface area contributed by atoms with Crippen molar-refractivity contribution in [2.75, 3.05) is 0 Å². The second-order valence-corrected chi connectivity index (χ2v) is 17.2. The zero-order chi connectivity index (χ0) is 15.8. The molecular formula is C16H32O2Si2. The van der Waals surface area contributed by atoms with Crippen LogP contribution in [0.15, 0.2) is 23.5 Å². The molecule has 0 aliphatic heterocycles. The van der Waals surface area contributed by atoms with E-state index in [4.69, 9.17) is 8.85 Å². The van der Waals surface area contributed by atoms with Gasteiger partial charge in [0.15, 0.2) is 8.32 Å². The molecule has 0 fully saturated rings. The fraction of sp³-hybridized carbons (Fsp3) is 0.750. The quantitative estimate of drug-likeness (QED) is 0.640. The van der Waals surface area contributed by atoms with E-state index in [0.29, 0.717) is 5.92 Å². The predicted octanol–water partition coefficient (Wildman–Crippen LogP) is 5.32. The normalized spacial score (nSPS) is 21.4. The Kier molecular flexibility index (Phi) is 5.15. The lowest BCUT2D eigenvalue weighted by Crippen LogP contribution is -2.43. The standard InChI is InChI=1S/C16H32O2Si2/c1-13-10-11-14(12-15(13)17-19(4,5)6)16(2,3)18-20(7,8)9/h10,12,14H,11H2,1-9H3. The molecule has 1 aliphatic carbocycles. The van der Waals surface area contributed by atoms with Crippen molar-refractivity contribution in [2.24, 2.45) is 5.92 Å². The monoisotopic (exact) mass is 312 g/mol. The van der Waals surface area contributed by atoms with Crippen LogP contribution in [0, 0.1) is 5.92 Å². The number of allylic oxidation sites excluding steroid dienone is 2. The van der Waals surface area contributed by atoms with E-state index in [2.05, 4.69) is 72.2 Å². The summed E-state index contributed by atoms with van der Waals surface area (Å²) in [5.41, 5.74) is 1.14. The van der Waals surface area contributed by atoms with Gasteiger partial charge in [0.2, 0.25) is 8.32 Å². The van der Waals surface area contributed by atoms with Gasteiger partial charge >= 0.3 is 0 Å². The van der Waals surface area contributed by atoms with E-state index in [1.165, 1.54) is 5.57 Å². The average Bonchev–Trinajstić information content (AvgIpc) is 2.15. The Bertz CT molecular complexity index is 409. The fourth-order valence-electron chi connectivity index (χ4n) is 2.58. The van der Waals surface area contributed by atoms with Crippen LogP contribution in [0.25, 0.3) is 0 Å². The molecule has 0 N–H and O–H groups in total. The van der Waals surface area contributed by atoms with Crippen LogP contribution >= 0.6 is 0 Å². The van der Waals surface area contributed by atoms with Crippen LogP contribution < -0.4 is 0 Å². The molecule has 0 aromatic rings. The maximum absolute atomic E-state index is 6.40. The zero-order valence-corrected chi connectivity index (χ0v) is 16.8. The van der Waals surface area contributed by atoms with Gasteiger partial charge in [0, 0.05) is 5.92 Å². The third-order valence-electron chi connectivity index (χ3n) is 3.30. The largest absolute Gasteiger partial charge is 0.544 e. The molecule has 0 bridgehead atoms. The third kappa shape index (κ3) is 5.58. The van der Waals surface area contributed by atoms with Crippen LogP contribution in [0.5, 0.6) is 0 Å². The molecule has 0 saturated carbocycles.